The van der Waals surface area contributed by atoms with Crippen LogP contribution in [0.1, 0.15) is 17.3 Å². The van der Waals surface area contributed by atoms with E-state index < -0.39 is 0 Å². The number of rotatable bonds is 4. The van der Waals surface area contributed by atoms with Crippen LogP contribution in [0.15, 0.2) is 59.4 Å². The maximum absolute atomic E-state index is 12.2. The topological polar surface area (TPSA) is 72.8 Å². The molecule has 0 radical (unpaired) electrons. The average molecular weight is 344 g/mol. The Kier molecular flexibility index (Phi) is 4.51. The van der Waals surface area contributed by atoms with Gasteiger partial charge in [0.15, 0.2) is 0 Å². The first kappa shape index (κ1) is 16.5. The lowest BCUT2D eigenvalue weighted by Crippen LogP contribution is -2.25. The van der Waals surface area contributed by atoms with Crippen molar-refractivity contribution in [1.29, 1.82) is 5.26 Å². The number of likely N-dealkylation sites (tertiary alicyclic amines) is 1. The molecule has 26 heavy (non-hydrogen) atoms. The minimum atomic E-state index is -0.0934. The Morgan fingerprint density at radius 3 is 2.69 bits per heavy atom. The van der Waals surface area contributed by atoms with Crippen molar-refractivity contribution in [3.63, 3.8) is 0 Å². The van der Waals surface area contributed by atoms with Crippen molar-refractivity contribution in [2.24, 2.45) is 5.92 Å². The van der Waals surface area contributed by atoms with Gasteiger partial charge in [-0.15, -0.1) is 0 Å². The maximum atomic E-state index is 12.2. The van der Waals surface area contributed by atoms with Gasteiger partial charge in [0, 0.05) is 32.0 Å². The number of nitrogens with one attached hydrogen (secondary N) is 1. The fourth-order valence-corrected chi connectivity index (χ4v) is 3.75. The lowest BCUT2D eigenvalue weighted by Gasteiger charge is -2.15. The summed E-state index contributed by atoms with van der Waals surface area (Å²) in [5.74, 6) is 0.941. The minimum absolute atomic E-state index is 0.000937. The van der Waals surface area contributed by atoms with Crippen LogP contribution in [-0.4, -0.2) is 34.5 Å². The second-order valence-electron chi connectivity index (χ2n) is 6.79. The van der Waals surface area contributed by atoms with Gasteiger partial charge in [-0.1, -0.05) is 42.5 Å². The SMILES string of the molecule is N#C[C@@H]1CN(CCc2nc3ccccc3c(=O)[nH]2)C[C@H]1c1ccccc1. The van der Waals surface area contributed by atoms with Crippen molar-refractivity contribution in [3.8, 4) is 6.07 Å². The lowest BCUT2D eigenvalue weighted by molar-refractivity contribution is 0.332. The molecule has 0 saturated carbocycles. The Labute approximate surface area is 151 Å². The number of aromatic nitrogens is 2. The van der Waals surface area contributed by atoms with E-state index in [4.69, 9.17) is 0 Å². The van der Waals surface area contributed by atoms with Crippen LogP contribution in [0, 0.1) is 17.2 Å². The standard InChI is InChI=1S/C21H20N4O/c22-12-16-13-25(14-18(16)15-6-2-1-3-7-15)11-10-20-23-19-9-5-4-8-17(19)21(26)24-20/h1-9,16,18H,10-11,13-14H2,(H,23,24,26)/t16-,18+/m1/s1. The third-order valence-corrected chi connectivity index (χ3v) is 5.12. The zero-order valence-corrected chi connectivity index (χ0v) is 14.4. The number of hydrogen-bond acceptors (Lipinski definition) is 4. The van der Waals surface area contributed by atoms with E-state index in [0.29, 0.717) is 17.6 Å². The van der Waals surface area contributed by atoms with E-state index in [2.05, 4.69) is 33.1 Å². The highest BCUT2D eigenvalue weighted by Gasteiger charge is 2.33. The minimum Gasteiger partial charge on any atom is -0.310 e. The van der Waals surface area contributed by atoms with E-state index >= 15 is 0 Å². The van der Waals surface area contributed by atoms with E-state index in [1.165, 1.54) is 5.56 Å². The molecule has 1 aliphatic heterocycles. The first-order valence-corrected chi connectivity index (χ1v) is 8.89. The Morgan fingerprint density at radius 2 is 1.88 bits per heavy atom. The number of aromatic amines is 1. The van der Waals surface area contributed by atoms with Crippen LogP contribution >= 0.6 is 0 Å². The van der Waals surface area contributed by atoms with Crippen LogP contribution in [0.2, 0.25) is 0 Å². The zero-order valence-electron chi connectivity index (χ0n) is 14.4. The highest BCUT2D eigenvalue weighted by atomic mass is 16.1. The van der Waals surface area contributed by atoms with Gasteiger partial charge < -0.3 is 9.88 Å². The van der Waals surface area contributed by atoms with Gasteiger partial charge in [0.1, 0.15) is 5.82 Å². The molecule has 4 rings (SSSR count). The van der Waals surface area contributed by atoms with E-state index in [9.17, 15) is 10.1 Å². The molecule has 5 nitrogen and oxygen atoms in total. The summed E-state index contributed by atoms with van der Waals surface area (Å²) in [4.78, 5) is 21.9. The molecular formula is C21H20N4O. The van der Waals surface area contributed by atoms with Crippen LogP contribution in [-0.2, 0) is 6.42 Å². The summed E-state index contributed by atoms with van der Waals surface area (Å²) >= 11 is 0. The molecular weight excluding hydrogens is 324 g/mol. The summed E-state index contributed by atoms with van der Waals surface area (Å²) in [6, 6.07) is 20.1. The molecule has 1 fully saturated rings. The van der Waals surface area contributed by atoms with Crippen molar-refractivity contribution >= 4 is 10.9 Å². The summed E-state index contributed by atoms with van der Waals surface area (Å²) in [7, 11) is 0. The Morgan fingerprint density at radius 1 is 1.12 bits per heavy atom. The first-order valence-electron chi connectivity index (χ1n) is 8.89. The molecule has 1 aliphatic rings. The van der Waals surface area contributed by atoms with Crippen LogP contribution in [0.3, 0.4) is 0 Å². The summed E-state index contributed by atoms with van der Waals surface area (Å²) in [6.07, 6.45) is 0.666. The van der Waals surface area contributed by atoms with Crippen LogP contribution in [0.25, 0.3) is 10.9 Å². The van der Waals surface area contributed by atoms with Crippen LogP contribution in [0.4, 0.5) is 0 Å². The molecule has 0 bridgehead atoms. The van der Waals surface area contributed by atoms with E-state index in [1.807, 2.05) is 36.4 Å². The summed E-state index contributed by atoms with van der Waals surface area (Å²) in [5, 5.41) is 10.1. The first-order chi connectivity index (χ1) is 12.7. The predicted molar refractivity (Wildman–Crippen MR) is 101 cm³/mol. The average Bonchev–Trinajstić information content (AvgIpc) is 3.10. The van der Waals surface area contributed by atoms with Gasteiger partial charge in [-0.3, -0.25) is 4.79 Å². The fraction of sp³-hybridized carbons (Fsp3) is 0.286. The Hall–Kier alpha value is -2.97. The molecule has 130 valence electrons. The monoisotopic (exact) mass is 344 g/mol. The van der Waals surface area contributed by atoms with Crippen molar-refractivity contribution in [1.82, 2.24) is 14.9 Å². The van der Waals surface area contributed by atoms with Gasteiger partial charge in [0.25, 0.3) is 5.56 Å². The maximum Gasteiger partial charge on any atom is 0.258 e. The summed E-state index contributed by atoms with van der Waals surface area (Å²) in [5.41, 5.74) is 1.85. The van der Waals surface area contributed by atoms with Crippen molar-refractivity contribution in [2.75, 3.05) is 19.6 Å². The number of nitrogens with zero attached hydrogens (tertiary/aromatic N) is 3. The molecule has 0 aliphatic carbocycles. The van der Waals surface area contributed by atoms with Crippen LogP contribution in [0.5, 0.6) is 0 Å². The smallest absolute Gasteiger partial charge is 0.258 e. The fourth-order valence-electron chi connectivity index (χ4n) is 3.75. The number of fused-ring (bicyclic) bond motifs is 1. The third kappa shape index (κ3) is 3.24. The molecule has 1 N–H and O–H groups in total. The quantitative estimate of drug-likeness (QED) is 0.790. The molecule has 2 aromatic carbocycles. The van der Waals surface area contributed by atoms with Gasteiger partial charge in [-0.05, 0) is 17.7 Å². The van der Waals surface area contributed by atoms with E-state index in [0.717, 1.165) is 25.2 Å². The number of nitriles is 1. The second-order valence-corrected chi connectivity index (χ2v) is 6.79. The molecule has 1 aromatic heterocycles. The molecule has 1 saturated heterocycles. The van der Waals surface area contributed by atoms with Crippen LogP contribution < -0.4 is 5.56 Å². The van der Waals surface area contributed by atoms with Gasteiger partial charge in [-0.2, -0.15) is 5.26 Å². The molecule has 2 atom stereocenters. The number of para-hydroxylation sites is 1. The zero-order chi connectivity index (χ0) is 17.9. The highest BCUT2D eigenvalue weighted by molar-refractivity contribution is 5.77. The Bertz CT molecular complexity index is 1010. The number of H-pyrrole nitrogens is 1. The second kappa shape index (κ2) is 7.11. The number of benzene rings is 2. The third-order valence-electron chi connectivity index (χ3n) is 5.12. The van der Waals surface area contributed by atoms with E-state index in [1.54, 1.807) is 6.07 Å². The van der Waals surface area contributed by atoms with E-state index in [-0.39, 0.29) is 17.4 Å². The lowest BCUT2D eigenvalue weighted by atomic mass is 9.90. The van der Waals surface area contributed by atoms with Crippen molar-refractivity contribution < 1.29 is 0 Å². The predicted octanol–water partition coefficient (Wildman–Crippen LogP) is 2.70. The van der Waals surface area contributed by atoms with Crippen molar-refractivity contribution in [3.05, 3.63) is 76.3 Å². The number of hydrogen-bond donors (Lipinski definition) is 1. The molecule has 3 aromatic rings. The van der Waals surface area contributed by atoms with Gasteiger partial charge in [0.2, 0.25) is 0 Å². The summed E-state index contributed by atoms with van der Waals surface area (Å²) < 4.78 is 0. The molecule has 2 heterocycles. The molecule has 0 unspecified atom stereocenters. The Balaban J connectivity index is 1.47. The van der Waals surface area contributed by atoms with Gasteiger partial charge >= 0.3 is 0 Å². The molecule has 5 heteroatoms. The largest absolute Gasteiger partial charge is 0.310 e. The van der Waals surface area contributed by atoms with Gasteiger partial charge in [0.05, 0.1) is 22.9 Å². The molecule has 0 spiro atoms. The molecule has 0 amide bonds. The van der Waals surface area contributed by atoms with Crippen molar-refractivity contribution in [2.45, 2.75) is 12.3 Å². The van der Waals surface area contributed by atoms with Gasteiger partial charge in [-0.25, -0.2) is 4.98 Å². The normalized spacial score (nSPS) is 20.3. The highest BCUT2D eigenvalue weighted by Crippen LogP contribution is 2.32. The summed E-state index contributed by atoms with van der Waals surface area (Å²) in [6.45, 7) is 2.40.